The molecule has 0 fully saturated rings. The summed E-state index contributed by atoms with van der Waals surface area (Å²) in [6.07, 6.45) is 0.150. The predicted molar refractivity (Wildman–Crippen MR) is 71.1 cm³/mol. The Morgan fingerprint density at radius 1 is 1.26 bits per heavy atom. The number of alkyl halides is 2. The highest BCUT2D eigenvalue weighted by molar-refractivity contribution is 5.77. The molecular formula is C14H20F2N2O. The number of halogens is 2. The summed E-state index contributed by atoms with van der Waals surface area (Å²) in [5, 5.41) is 2.23. The van der Waals surface area contributed by atoms with Crippen LogP contribution in [-0.4, -0.2) is 24.9 Å². The summed E-state index contributed by atoms with van der Waals surface area (Å²) in [4.78, 5) is 11.7. The molecule has 0 bridgehead atoms. The fourth-order valence-corrected chi connectivity index (χ4v) is 1.76. The Labute approximate surface area is 112 Å². The van der Waals surface area contributed by atoms with Crippen LogP contribution < -0.4 is 11.1 Å². The lowest BCUT2D eigenvalue weighted by Gasteiger charge is -2.25. The maximum atomic E-state index is 12.9. The van der Waals surface area contributed by atoms with Crippen molar-refractivity contribution < 1.29 is 13.6 Å². The van der Waals surface area contributed by atoms with Gasteiger partial charge in [-0.05, 0) is 11.0 Å². The third-order valence-electron chi connectivity index (χ3n) is 3.00. The first-order chi connectivity index (χ1) is 8.77. The second-order valence-electron chi connectivity index (χ2n) is 5.26. The lowest BCUT2D eigenvalue weighted by Crippen LogP contribution is -2.42. The molecule has 0 radical (unpaired) electrons. The average Bonchev–Trinajstić information content (AvgIpc) is 2.37. The van der Waals surface area contributed by atoms with Crippen LogP contribution in [0.1, 0.15) is 25.8 Å². The number of benzene rings is 1. The Kier molecular flexibility index (Phi) is 5.00. The zero-order valence-corrected chi connectivity index (χ0v) is 11.2. The normalized spacial score (nSPS) is 12.3. The van der Waals surface area contributed by atoms with Crippen LogP contribution in [0.5, 0.6) is 0 Å². The number of nitrogens with one attached hydrogen (secondary N) is 1. The van der Waals surface area contributed by atoms with Crippen LogP contribution in [-0.2, 0) is 10.2 Å². The van der Waals surface area contributed by atoms with Crippen molar-refractivity contribution in [3.63, 3.8) is 0 Å². The lowest BCUT2D eigenvalue weighted by atomic mass is 9.81. The minimum Gasteiger partial charge on any atom is -0.350 e. The van der Waals surface area contributed by atoms with Crippen molar-refractivity contribution in [1.82, 2.24) is 5.32 Å². The molecule has 0 saturated heterocycles. The summed E-state index contributed by atoms with van der Waals surface area (Å²) < 4.78 is 25.9. The van der Waals surface area contributed by atoms with Crippen molar-refractivity contribution in [2.75, 3.05) is 13.1 Å². The van der Waals surface area contributed by atoms with Gasteiger partial charge in [-0.1, -0.05) is 44.2 Å². The standard InChI is InChI=1S/C14H20F2N2O/c1-13(2,11-6-4-3-5-7-11)8-12(19)18-10-14(15,16)9-17/h3-7H,8-10,17H2,1-2H3,(H,18,19). The van der Waals surface area contributed by atoms with E-state index in [0.717, 1.165) is 5.56 Å². The SMILES string of the molecule is CC(C)(CC(=O)NCC(F)(F)CN)c1ccccc1. The van der Waals surface area contributed by atoms with Crippen LogP contribution in [0.15, 0.2) is 30.3 Å². The van der Waals surface area contributed by atoms with E-state index in [1.165, 1.54) is 0 Å². The van der Waals surface area contributed by atoms with Gasteiger partial charge in [-0.2, -0.15) is 0 Å². The van der Waals surface area contributed by atoms with E-state index in [4.69, 9.17) is 5.73 Å². The van der Waals surface area contributed by atoms with Crippen molar-refractivity contribution in [3.8, 4) is 0 Å². The van der Waals surface area contributed by atoms with Crippen molar-refractivity contribution in [1.29, 1.82) is 0 Å². The minimum atomic E-state index is -3.05. The van der Waals surface area contributed by atoms with Crippen molar-refractivity contribution in [2.24, 2.45) is 5.73 Å². The Morgan fingerprint density at radius 2 is 1.84 bits per heavy atom. The lowest BCUT2D eigenvalue weighted by molar-refractivity contribution is -0.123. The van der Waals surface area contributed by atoms with Gasteiger partial charge in [0, 0.05) is 6.42 Å². The highest BCUT2D eigenvalue weighted by Crippen LogP contribution is 2.26. The molecule has 1 aromatic carbocycles. The van der Waals surface area contributed by atoms with Crippen LogP contribution in [0.2, 0.25) is 0 Å². The second-order valence-corrected chi connectivity index (χ2v) is 5.26. The van der Waals surface area contributed by atoms with Crippen LogP contribution in [0.3, 0.4) is 0 Å². The number of nitrogens with two attached hydrogens (primary N) is 1. The molecule has 0 aromatic heterocycles. The first-order valence-corrected chi connectivity index (χ1v) is 6.17. The Hall–Kier alpha value is -1.49. The number of amides is 1. The fraction of sp³-hybridized carbons (Fsp3) is 0.500. The second kappa shape index (κ2) is 6.10. The van der Waals surface area contributed by atoms with Gasteiger partial charge in [-0.15, -0.1) is 0 Å². The topological polar surface area (TPSA) is 55.1 Å². The molecule has 3 N–H and O–H groups in total. The first kappa shape index (κ1) is 15.6. The zero-order chi connectivity index (χ0) is 14.5. The zero-order valence-electron chi connectivity index (χ0n) is 11.2. The van der Waals surface area contributed by atoms with E-state index in [-0.39, 0.29) is 6.42 Å². The van der Waals surface area contributed by atoms with Gasteiger partial charge in [0.25, 0.3) is 5.92 Å². The Morgan fingerprint density at radius 3 is 2.37 bits per heavy atom. The van der Waals surface area contributed by atoms with Crippen LogP contribution in [0.4, 0.5) is 8.78 Å². The third-order valence-corrected chi connectivity index (χ3v) is 3.00. The van der Waals surface area contributed by atoms with Crippen molar-refractivity contribution >= 4 is 5.91 Å². The van der Waals surface area contributed by atoms with E-state index in [0.29, 0.717) is 0 Å². The smallest absolute Gasteiger partial charge is 0.277 e. The maximum absolute atomic E-state index is 12.9. The Bertz CT molecular complexity index is 419. The number of carbonyl (C=O) groups excluding carboxylic acids is 1. The monoisotopic (exact) mass is 270 g/mol. The number of rotatable bonds is 6. The van der Waals surface area contributed by atoms with Crippen molar-refractivity contribution in [2.45, 2.75) is 31.6 Å². The number of hydrogen-bond donors (Lipinski definition) is 2. The summed E-state index contributed by atoms with van der Waals surface area (Å²) in [6, 6.07) is 9.50. The molecule has 1 aromatic rings. The molecule has 0 aliphatic carbocycles. The van der Waals surface area contributed by atoms with Gasteiger partial charge in [-0.3, -0.25) is 4.79 Å². The molecule has 3 nitrogen and oxygen atoms in total. The maximum Gasteiger partial charge on any atom is 0.277 e. The van der Waals surface area contributed by atoms with Crippen LogP contribution >= 0.6 is 0 Å². The van der Waals surface area contributed by atoms with Crippen molar-refractivity contribution in [3.05, 3.63) is 35.9 Å². The predicted octanol–water partition coefficient (Wildman–Crippen LogP) is 2.06. The highest BCUT2D eigenvalue weighted by atomic mass is 19.3. The summed E-state index contributed by atoms with van der Waals surface area (Å²) in [5.41, 5.74) is 5.51. The summed E-state index contributed by atoms with van der Waals surface area (Å²) in [5.74, 6) is -3.45. The van der Waals surface area contributed by atoms with Gasteiger partial charge in [-0.25, -0.2) is 8.78 Å². The van der Waals surface area contributed by atoms with E-state index in [2.05, 4.69) is 5.32 Å². The van der Waals surface area contributed by atoms with Gasteiger partial charge < -0.3 is 11.1 Å². The molecule has 0 aliphatic rings. The molecule has 0 heterocycles. The van der Waals surface area contributed by atoms with E-state index >= 15 is 0 Å². The molecule has 5 heteroatoms. The molecule has 1 amide bonds. The molecule has 0 spiro atoms. The van der Waals surface area contributed by atoms with Crippen LogP contribution in [0.25, 0.3) is 0 Å². The van der Waals surface area contributed by atoms with E-state index in [9.17, 15) is 13.6 Å². The van der Waals surface area contributed by atoms with E-state index < -0.39 is 30.3 Å². The van der Waals surface area contributed by atoms with Gasteiger partial charge in [0.05, 0.1) is 13.1 Å². The van der Waals surface area contributed by atoms with Gasteiger partial charge in [0.15, 0.2) is 0 Å². The quantitative estimate of drug-likeness (QED) is 0.831. The van der Waals surface area contributed by atoms with E-state index in [1.807, 2.05) is 44.2 Å². The largest absolute Gasteiger partial charge is 0.350 e. The molecule has 0 atom stereocenters. The van der Waals surface area contributed by atoms with Crippen LogP contribution in [0, 0.1) is 0 Å². The molecule has 19 heavy (non-hydrogen) atoms. The molecule has 0 unspecified atom stereocenters. The van der Waals surface area contributed by atoms with Gasteiger partial charge >= 0.3 is 0 Å². The summed E-state index contributed by atoms with van der Waals surface area (Å²) in [7, 11) is 0. The molecular weight excluding hydrogens is 250 g/mol. The highest BCUT2D eigenvalue weighted by Gasteiger charge is 2.29. The van der Waals surface area contributed by atoms with Gasteiger partial charge in [0.1, 0.15) is 0 Å². The van der Waals surface area contributed by atoms with E-state index in [1.54, 1.807) is 0 Å². The summed E-state index contributed by atoms with van der Waals surface area (Å²) >= 11 is 0. The average molecular weight is 270 g/mol. The Balaban J connectivity index is 2.57. The molecule has 106 valence electrons. The molecule has 0 aliphatic heterocycles. The first-order valence-electron chi connectivity index (χ1n) is 6.17. The minimum absolute atomic E-state index is 0.150. The number of hydrogen-bond acceptors (Lipinski definition) is 2. The fourth-order valence-electron chi connectivity index (χ4n) is 1.76. The molecule has 0 saturated carbocycles. The number of carbonyl (C=O) groups is 1. The molecule has 1 rings (SSSR count). The summed E-state index contributed by atoms with van der Waals surface area (Å²) in [6.45, 7) is 2.33. The van der Waals surface area contributed by atoms with Gasteiger partial charge in [0.2, 0.25) is 5.91 Å². The third kappa shape index (κ3) is 4.95.